The fourth-order valence-electron chi connectivity index (χ4n) is 2.98. The number of benzene rings is 2. The standard InChI is InChI=1S/C21H19ClFN3O3/c1-13-16(9-10-27)21(29)26(20(24-13)14-5-3-2-4-6-14)12-19(28)25-18-8-7-15(22)11-17(18)23/h2-8,11,27H,9-10,12H2,1H3,(H,25,28). The molecule has 0 saturated heterocycles. The minimum absolute atomic E-state index is 0.0376. The van der Waals surface area contributed by atoms with Gasteiger partial charge in [-0.25, -0.2) is 9.37 Å². The molecule has 0 bridgehead atoms. The average molecular weight is 416 g/mol. The van der Waals surface area contributed by atoms with Gasteiger partial charge in [-0.3, -0.25) is 14.2 Å². The second kappa shape index (κ2) is 8.98. The Morgan fingerprint density at radius 3 is 2.62 bits per heavy atom. The second-order valence-electron chi connectivity index (χ2n) is 6.40. The summed E-state index contributed by atoms with van der Waals surface area (Å²) < 4.78 is 15.2. The van der Waals surface area contributed by atoms with Crippen molar-refractivity contribution in [2.45, 2.75) is 19.9 Å². The van der Waals surface area contributed by atoms with Crippen molar-refractivity contribution in [3.63, 3.8) is 0 Å². The van der Waals surface area contributed by atoms with Gasteiger partial charge in [0.15, 0.2) is 0 Å². The minimum Gasteiger partial charge on any atom is -0.396 e. The first-order valence-electron chi connectivity index (χ1n) is 8.92. The minimum atomic E-state index is -0.676. The quantitative estimate of drug-likeness (QED) is 0.647. The number of aliphatic hydroxyl groups is 1. The summed E-state index contributed by atoms with van der Waals surface area (Å²) in [4.78, 5) is 30.1. The zero-order valence-electron chi connectivity index (χ0n) is 15.7. The number of rotatable bonds is 6. The number of aliphatic hydroxyl groups excluding tert-OH is 1. The molecular weight excluding hydrogens is 397 g/mol. The topological polar surface area (TPSA) is 84.2 Å². The van der Waals surface area contributed by atoms with Gasteiger partial charge in [0.1, 0.15) is 18.2 Å². The first-order valence-corrected chi connectivity index (χ1v) is 9.30. The van der Waals surface area contributed by atoms with Gasteiger partial charge in [-0.05, 0) is 25.1 Å². The van der Waals surface area contributed by atoms with Crippen LogP contribution in [0.3, 0.4) is 0 Å². The third kappa shape index (κ3) is 4.70. The van der Waals surface area contributed by atoms with Crippen LogP contribution < -0.4 is 10.9 Å². The number of halogens is 2. The molecule has 6 nitrogen and oxygen atoms in total. The van der Waals surface area contributed by atoms with Crippen LogP contribution in [0.2, 0.25) is 5.02 Å². The maximum absolute atomic E-state index is 14.0. The summed E-state index contributed by atoms with van der Waals surface area (Å²) in [5, 5.41) is 11.9. The number of aryl methyl sites for hydroxylation is 1. The summed E-state index contributed by atoms with van der Waals surface area (Å²) in [6.07, 6.45) is 0.125. The Balaban J connectivity index is 2.01. The molecule has 3 rings (SSSR count). The van der Waals surface area contributed by atoms with E-state index in [-0.39, 0.29) is 30.3 Å². The van der Waals surface area contributed by atoms with Crippen LogP contribution in [0.15, 0.2) is 53.3 Å². The third-order valence-electron chi connectivity index (χ3n) is 4.37. The Morgan fingerprint density at radius 1 is 1.24 bits per heavy atom. The van der Waals surface area contributed by atoms with Crippen molar-refractivity contribution in [3.8, 4) is 11.4 Å². The van der Waals surface area contributed by atoms with Gasteiger partial charge >= 0.3 is 0 Å². The van der Waals surface area contributed by atoms with Crippen LogP contribution in [0.25, 0.3) is 11.4 Å². The second-order valence-corrected chi connectivity index (χ2v) is 6.84. The summed E-state index contributed by atoms with van der Waals surface area (Å²) in [6, 6.07) is 12.9. The molecule has 2 aromatic carbocycles. The molecule has 0 unspecified atom stereocenters. The zero-order valence-corrected chi connectivity index (χ0v) is 16.4. The van der Waals surface area contributed by atoms with Crippen LogP contribution in [0.1, 0.15) is 11.3 Å². The van der Waals surface area contributed by atoms with Crippen molar-refractivity contribution in [1.29, 1.82) is 0 Å². The first kappa shape index (κ1) is 20.7. The number of carbonyl (C=O) groups is 1. The molecule has 29 heavy (non-hydrogen) atoms. The van der Waals surface area contributed by atoms with E-state index in [0.29, 0.717) is 22.6 Å². The Hall–Kier alpha value is -3.03. The van der Waals surface area contributed by atoms with Crippen molar-refractivity contribution in [3.05, 3.63) is 81.0 Å². The van der Waals surface area contributed by atoms with E-state index in [9.17, 15) is 19.1 Å². The number of nitrogens with one attached hydrogen (secondary N) is 1. The van der Waals surface area contributed by atoms with Gasteiger partial charge in [-0.2, -0.15) is 0 Å². The molecule has 0 radical (unpaired) electrons. The van der Waals surface area contributed by atoms with Crippen molar-refractivity contribution < 1.29 is 14.3 Å². The van der Waals surface area contributed by atoms with Crippen LogP contribution in [0, 0.1) is 12.7 Å². The van der Waals surface area contributed by atoms with Crippen molar-refractivity contribution >= 4 is 23.2 Å². The summed E-state index contributed by atoms with van der Waals surface area (Å²) in [5.74, 6) is -0.947. The van der Waals surface area contributed by atoms with Gasteiger partial charge in [0.05, 0.1) is 5.69 Å². The fourth-order valence-corrected chi connectivity index (χ4v) is 3.14. The van der Waals surface area contributed by atoms with E-state index in [1.54, 1.807) is 31.2 Å². The lowest BCUT2D eigenvalue weighted by atomic mass is 10.1. The number of aromatic nitrogens is 2. The predicted molar refractivity (Wildman–Crippen MR) is 109 cm³/mol. The van der Waals surface area contributed by atoms with E-state index in [0.717, 1.165) is 6.07 Å². The van der Waals surface area contributed by atoms with E-state index in [4.69, 9.17) is 11.6 Å². The molecule has 0 saturated carbocycles. The summed E-state index contributed by atoms with van der Waals surface area (Å²) in [5.41, 5.74) is 1.02. The first-order chi connectivity index (χ1) is 13.9. The molecule has 3 aromatic rings. The molecule has 0 aliphatic carbocycles. The highest BCUT2D eigenvalue weighted by Gasteiger charge is 2.18. The number of hydrogen-bond donors (Lipinski definition) is 2. The summed E-state index contributed by atoms with van der Waals surface area (Å²) >= 11 is 5.73. The zero-order chi connectivity index (χ0) is 21.0. The third-order valence-corrected chi connectivity index (χ3v) is 4.61. The lowest BCUT2D eigenvalue weighted by Crippen LogP contribution is -2.33. The van der Waals surface area contributed by atoms with Gasteiger partial charge in [0, 0.05) is 34.9 Å². The van der Waals surface area contributed by atoms with Crippen LogP contribution in [0.4, 0.5) is 10.1 Å². The van der Waals surface area contributed by atoms with Crippen LogP contribution in [0.5, 0.6) is 0 Å². The van der Waals surface area contributed by atoms with E-state index < -0.39 is 17.3 Å². The Labute approximate surface area is 171 Å². The molecule has 2 N–H and O–H groups in total. The Kier molecular flexibility index (Phi) is 6.41. The van der Waals surface area contributed by atoms with E-state index in [2.05, 4.69) is 10.3 Å². The molecule has 0 fully saturated rings. The summed E-state index contributed by atoms with van der Waals surface area (Å²) in [6.45, 7) is 1.10. The largest absolute Gasteiger partial charge is 0.396 e. The molecule has 0 aliphatic rings. The maximum Gasteiger partial charge on any atom is 0.257 e. The smallest absolute Gasteiger partial charge is 0.257 e. The van der Waals surface area contributed by atoms with Gasteiger partial charge in [0.25, 0.3) is 5.56 Å². The molecule has 1 heterocycles. The number of carbonyl (C=O) groups excluding carboxylic acids is 1. The van der Waals surface area contributed by atoms with Crippen molar-refractivity contribution in [2.75, 3.05) is 11.9 Å². The van der Waals surface area contributed by atoms with Crippen LogP contribution in [-0.4, -0.2) is 27.2 Å². The highest BCUT2D eigenvalue weighted by Crippen LogP contribution is 2.20. The number of hydrogen-bond acceptors (Lipinski definition) is 4. The lowest BCUT2D eigenvalue weighted by Gasteiger charge is -2.16. The van der Waals surface area contributed by atoms with Crippen LogP contribution in [-0.2, 0) is 17.8 Å². The normalized spacial score (nSPS) is 10.8. The van der Waals surface area contributed by atoms with Gasteiger partial charge in [-0.1, -0.05) is 41.9 Å². The fraction of sp³-hybridized carbons (Fsp3) is 0.190. The number of anilines is 1. The van der Waals surface area contributed by atoms with E-state index in [1.165, 1.54) is 16.7 Å². The SMILES string of the molecule is Cc1nc(-c2ccccc2)n(CC(=O)Nc2ccc(Cl)cc2F)c(=O)c1CCO. The maximum atomic E-state index is 14.0. The van der Waals surface area contributed by atoms with Crippen molar-refractivity contribution in [1.82, 2.24) is 9.55 Å². The molecule has 1 amide bonds. The number of nitrogens with zero attached hydrogens (tertiary/aromatic N) is 2. The average Bonchev–Trinajstić information content (AvgIpc) is 2.70. The molecule has 0 atom stereocenters. The van der Waals surface area contributed by atoms with E-state index >= 15 is 0 Å². The summed E-state index contributed by atoms with van der Waals surface area (Å²) in [7, 11) is 0. The lowest BCUT2D eigenvalue weighted by molar-refractivity contribution is -0.116. The molecule has 1 aromatic heterocycles. The molecule has 8 heteroatoms. The van der Waals surface area contributed by atoms with Crippen LogP contribution >= 0.6 is 11.6 Å². The molecule has 0 spiro atoms. The van der Waals surface area contributed by atoms with Crippen molar-refractivity contribution in [2.24, 2.45) is 0 Å². The molecular formula is C21H19ClFN3O3. The monoisotopic (exact) mass is 415 g/mol. The molecule has 150 valence electrons. The van der Waals surface area contributed by atoms with Gasteiger partial charge in [0.2, 0.25) is 5.91 Å². The highest BCUT2D eigenvalue weighted by atomic mass is 35.5. The van der Waals surface area contributed by atoms with Gasteiger partial charge < -0.3 is 10.4 Å². The van der Waals surface area contributed by atoms with E-state index in [1.807, 2.05) is 6.07 Å². The van der Waals surface area contributed by atoms with Gasteiger partial charge in [-0.15, -0.1) is 0 Å². The Bertz CT molecular complexity index is 1100. The predicted octanol–water partition coefficient (Wildman–Crippen LogP) is 3.18. The Morgan fingerprint density at radius 2 is 1.97 bits per heavy atom. The molecule has 0 aliphatic heterocycles. The number of amides is 1. The highest BCUT2D eigenvalue weighted by molar-refractivity contribution is 6.30.